The number of nitro groups is 1. The number of rotatable bonds is 6. The van der Waals surface area contributed by atoms with Crippen LogP contribution in [0.25, 0.3) is 6.08 Å². The van der Waals surface area contributed by atoms with Crippen LogP contribution < -0.4 is 10.1 Å². The SMILES string of the molecule is COC(=O)c1cc(/C=C/C(=O)Nc2cc([N+](=O)[O-])ccc2OC)oc1C. The van der Waals surface area contributed by atoms with Crippen molar-refractivity contribution in [2.24, 2.45) is 0 Å². The lowest BCUT2D eigenvalue weighted by Crippen LogP contribution is -2.09. The number of carbonyl (C=O) groups excluding carboxylic acids is 2. The molecular weight excluding hydrogens is 344 g/mol. The zero-order chi connectivity index (χ0) is 19.3. The quantitative estimate of drug-likeness (QED) is 0.364. The van der Waals surface area contributed by atoms with Gasteiger partial charge in [0.25, 0.3) is 5.69 Å². The third kappa shape index (κ3) is 4.26. The van der Waals surface area contributed by atoms with E-state index < -0.39 is 16.8 Å². The Morgan fingerprint density at radius 2 is 2.00 bits per heavy atom. The molecule has 2 rings (SSSR count). The fourth-order valence-electron chi connectivity index (χ4n) is 2.14. The number of furan rings is 1. The van der Waals surface area contributed by atoms with Crippen molar-refractivity contribution in [3.8, 4) is 5.75 Å². The molecule has 0 aliphatic rings. The van der Waals surface area contributed by atoms with Crippen LogP contribution in [-0.4, -0.2) is 31.0 Å². The Labute approximate surface area is 148 Å². The normalized spacial score (nSPS) is 10.6. The number of aryl methyl sites for hydroxylation is 1. The van der Waals surface area contributed by atoms with Gasteiger partial charge >= 0.3 is 5.97 Å². The number of nitrogens with zero attached hydrogens (tertiary/aromatic N) is 1. The summed E-state index contributed by atoms with van der Waals surface area (Å²) in [7, 11) is 2.64. The Bertz CT molecular complexity index is 883. The Hall–Kier alpha value is -3.62. The van der Waals surface area contributed by atoms with Crippen molar-refractivity contribution in [3.63, 3.8) is 0 Å². The van der Waals surface area contributed by atoms with Crippen LogP contribution >= 0.6 is 0 Å². The summed E-state index contributed by atoms with van der Waals surface area (Å²) in [6.45, 7) is 1.59. The van der Waals surface area contributed by atoms with E-state index in [9.17, 15) is 19.7 Å². The highest BCUT2D eigenvalue weighted by Crippen LogP contribution is 2.28. The summed E-state index contributed by atoms with van der Waals surface area (Å²) < 4.78 is 15.0. The van der Waals surface area contributed by atoms with E-state index in [2.05, 4.69) is 10.1 Å². The third-order valence-electron chi connectivity index (χ3n) is 3.39. The minimum Gasteiger partial charge on any atom is -0.495 e. The van der Waals surface area contributed by atoms with Crippen LogP contribution in [0.4, 0.5) is 11.4 Å². The average molecular weight is 360 g/mol. The second-order valence-electron chi connectivity index (χ2n) is 5.07. The highest BCUT2D eigenvalue weighted by molar-refractivity contribution is 6.03. The van der Waals surface area contributed by atoms with Gasteiger partial charge in [-0.2, -0.15) is 0 Å². The lowest BCUT2D eigenvalue weighted by molar-refractivity contribution is -0.384. The molecule has 0 spiro atoms. The molecule has 0 aliphatic heterocycles. The summed E-state index contributed by atoms with van der Waals surface area (Å²) in [5.74, 6) is -0.186. The van der Waals surface area contributed by atoms with Crippen molar-refractivity contribution < 1.29 is 28.4 Å². The van der Waals surface area contributed by atoms with E-state index >= 15 is 0 Å². The number of non-ortho nitro benzene ring substituents is 1. The monoisotopic (exact) mass is 360 g/mol. The van der Waals surface area contributed by atoms with Gasteiger partial charge in [0.05, 0.1) is 24.8 Å². The first-order chi connectivity index (χ1) is 12.3. The summed E-state index contributed by atoms with van der Waals surface area (Å²) in [6, 6.07) is 5.29. The van der Waals surface area contributed by atoms with Crippen molar-refractivity contribution >= 4 is 29.3 Å². The molecule has 0 radical (unpaired) electrons. The van der Waals surface area contributed by atoms with Crippen molar-refractivity contribution in [1.82, 2.24) is 0 Å². The number of benzene rings is 1. The minimum absolute atomic E-state index is 0.155. The first-order valence-corrected chi connectivity index (χ1v) is 7.36. The van der Waals surface area contributed by atoms with Crippen LogP contribution in [0.1, 0.15) is 21.9 Å². The van der Waals surface area contributed by atoms with Crippen LogP contribution in [0.2, 0.25) is 0 Å². The van der Waals surface area contributed by atoms with Gasteiger partial charge in [-0.1, -0.05) is 0 Å². The molecule has 1 aromatic carbocycles. The number of ether oxygens (including phenoxy) is 2. The van der Waals surface area contributed by atoms with Gasteiger partial charge in [-0.3, -0.25) is 14.9 Å². The second kappa shape index (κ2) is 7.97. The Morgan fingerprint density at radius 1 is 1.27 bits per heavy atom. The van der Waals surface area contributed by atoms with Gasteiger partial charge in [0.1, 0.15) is 22.8 Å². The van der Waals surface area contributed by atoms with Gasteiger partial charge < -0.3 is 19.2 Å². The molecule has 0 saturated carbocycles. The molecule has 1 N–H and O–H groups in total. The first-order valence-electron chi connectivity index (χ1n) is 7.36. The molecule has 26 heavy (non-hydrogen) atoms. The number of esters is 1. The first kappa shape index (κ1) is 18.7. The largest absolute Gasteiger partial charge is 0.495 e. The number of amides is 1. The topological polar surface area (TPSA) is 121 Å². The fourth-order valence-corrected chi connectivity index (χ4v) is 2.14. The van der Waals surface area contributed by atoms with Crippen LogP contribution in [0, 0.1) is 17.0 Å². The molecule has 1 heterocycles. The van der Waals surface area contributed by atoms with Gasteiger partial charge in [-0.25, -0.2) is 4.79 Å². The standard InChI is InChI=1S/C17H16N2O7/c1-10-13(17(21)25-3)9-12(26-10)5-7-16(20)18-14-8-11(19(22)23)4-6-15(14)24-2/h4-9H,1-3H3,(H,18,20)/b7-5+. The molecule has 1 aromatic heterocycles. The van der Waals surface area contributed by atoms with Crippen molar-refractivity contribution in [1.29, 1.82) is 0 Å². The molecule has 0 saturated heterocycles. The molecular formula is C17H16N2O7. The van der Waals surface area contributed by atoms with Crippen molar-refractivity contribution in [3.05, 3.63) is 57.5 Å². The van der Waals surface area contributed by atoms with Crippen LogP contribution in [0.5, 0.6) is 5.75 Å². The van der Waals surface area contributed by atoms with E-state index in [0.29, 0.717) is 5.76 Å². The maximum absolute atomic E-state index is 12.1. The van der Waals surface area contributed by atoms with E-state index in [1.807, 2.05) is 0 Å². The van der Waals surface area contributed by atoms with Crippen molar-refractivity contribution in [2.45, 2.75) is 6.92 Å². The predicted octanol–water partition coefficient (Wildman–Crippen LogP) is 2.94. The summed E-state index contributed by atoms with van der Waals surface area (Å²) in [5, 5.41) is 13.3. The molecule has 2 aromatic rings. The Balaban J connectivity index is 2.16. The molecule has 0 aliphatic carbocycles. The summed E-state index contributed by atoms with van der Waals surface area (Å²) >= 11 is 0. The third-order valence-corrected chi connectivity index (χ3v) is 3.39. The van der Waals surface area contributed by atoms with Gasteiger partial charge in [0, 0.05) is 18.2 Å². The maximum Gasteiger partial charge on any atom is 0.341 e. The molecule has 0 fully saturated rings. The fraction of sp³-hybridized carbons (Fsp3) is 0.176. The molecule has 0 bridgehead atoms. The minimum atomic E-state index is -0.578. The lowest BCUT2D eigenvalue weighted by Gasteiger charge is -2.08. The summed E-state index contributed by atoms with van der Waals surface area (Å²) in [5.41, 5.74) is 0.226. The zero-order valence-electron chi connectivity index (χ0n) is 14.3. The number of nitro benzene ring substituents is 1. The highest BCUT2D eigenvalue weighted by atomic mass is 16.6. The zero-order valence-corrected chi connectivity index (χ0v) is 14.3. The number of hydrogen-bond acceptors (Lipinski definition) is 7. The average Bonchev–Trinajstić information content (AvgIpc) is 3.00. The smallest absolute Gasteiger partial charge is 0.341 e. The van der Waals surface area contributed by atoms with E-state index in [4.69, 9.17) is 9.15 Å². The van der Waals surface area contributed by atoms with Gasteiger partial charge in [0.2, 0.25) is 5.91 Å². The molecule has 9 nitrogen and oxygen atoms in total. The number of hydrogen-bond donors (Lipinski definition) is 1. The van der Waals surface area contributed by atoms with E-state index in [0.717, 1.165) is 6.08 Å². The van der Waals surface area contributed by atoms with Crippen molar-refractivity contribution in [2.75, 3.05) is 19.5 Å². The molecule has 0 atom stereocenters. The molecule has 1 amide bonds. The van der Waals surface area contributed by atoms with Crippen LogP contribution in [0.3, 0.4) is 0 Å². The molecule has 0 unspecified atom stereocenters. The van der Waals surface area contributed by atoms with E-state index in [1.54, 1.807) is 6.92 Å². The van der Waals surface area contributed by atoms with Crippen LogP contribution in [0.15, 0.2) is 34.8 Å². The van der Waals surface area contributed by atoms with Gasteiger partial charge in [-0.05, 0) is 25.1 Å². The molecule has 9 heteroatoms. The van der Waals surface area contributed by atoms with Gasteiger partial charge in [-0.15, -0.1) is 0 Å². The molecule has 136 valence electrons. The van der Waals surface area contributed by atoms with E-state index in [1.165, 1.54) is 44.6 Å². The predicted molar refractivity (Wildman–Crippen MR) is 92.1 cm³/mol. The Kier molecular flexibility index (Phi) is 5.74. The number of methoxy groups -OCH3 is 2. The lowest BCUT2D eigenvalue weighted by atomic mass is 10.2. The van der Waals surface area contributed by atoms with Crippen LogP contribution in [-0.2, 0) is 9.53 Å². The summed E-state index contributed by atoms with van der Waals surface area (Å²) in [4.78, 5) is 33.9. The maximum atomic E-state index is 12.1. The summed E-state index contributed by atoms with van der Waals surface area (Å²) in [6.07, 6.45) is 2.52. The number of nitrogens with one attached hydrogen (secondary N) is 1. The number of anilines is 1. The van der Waals surface area contributed by atoms with Gasteiger partial charge in [0.15, 0.2) is 0 Å². The second-order valence-corrected chi connectivity index (χ2v) is 5.07. The number of carbonyl (C=O) groups is 2. The highest BCUT2D eigenvalue weighted by Gasteiger charge is 2.15. The van der Waals surface area contributed by atoms with E-state index in [-0.39, 0.29) is 28.4 Å². The Morgan fingerprint density at radius 3 is 2.62 bits per heavy atom.